The maximum Gasteiger partial charge on any atom is 0.150 e. The summed E-state index contributed by atoms with van der Waals surface area (Å²) in [7, 11) is -1.09. The van der Waals surface area contributed by atoms with Crippen LogP contribution in [0.15, 0.2) is 0 Å². The summed E-state index contributed by atoms with van der Waals surface area (Å²) in [4.78, 5) is 2.40. The fourth-order valence-electron chi connectivity index (χ4n) is 3.04. The number of morpholine rings is 1. The fraction of sp³-hybridized carbons (Fsp3) is 1.00. The maximum absolute atomic E-state index is 11.7. The summed E-state index contributed by atoms with van der Waals surface area (Å²) in [6.07, 6.45) is 2.81. The van der Waals surface area contributed by atoms with E-state index in [0.29, 0.717) is 23.5 Å². The largest absolute Gasteiger partial charge is 0.385 e. The molecule has 112 valence electrons. The van der Waals surface area contributed by atoms with E-state index in [-0.39, 0.29) is 0 Å². The van der Waals surface area contributed by atoms with Gasteiger partial charge in [0.1, 0.15) is 0 Å². The van der Waals surface area contributed by atoms with Gasteiger partial charge in [0, 0.05) is 32.8 Å². The van der Waals surface area contributed by atoms with Crippen molar-refractivity contribution >= 4 is 9.84 Å². The van der Waals surface area contributed by atoms with Gasteiger partial charge in [-0.3, -0.25) is 4.90 Å². The van der Waals surface area contributed by atoms with Gasteiger partial charge in [-0.2, -0.15) is 0 Å². The monoisotopic (exact) mass is 291 g/mol. The summed E-state index contributed by atoms with van der Waals surface area (Å²) in [5, 5.41) is 0. The van der Waals surface area contributed by atoms with Crippen LogP contribution in [0.25, 0.3) is 0 Å². The van der Waals surface area contributed by atoms with Crippen LogP contribution in [-0.4, -0.2) is 70.9 Å². The molecule has 0 radical (unpaired) electrons. The molecular weight excluding hydrogens is 266 g/mol. The van der Waals surface area contributed by atoms with Crippen LogP contribution >= 0.6 is 0 Å². The van der Waals surface area contributed by atoms with E-state index in [1.54, 1.807) is 7.11 Å². The second kappa shape index (κ2) is 7.02. The van der Waals surface area contributed by atoms with E-state index < -0.39 is 9.84 Å². The predicted molar refractivity (Wildman–Crippen MR) is 74.1 cm³/mol. The van der Waals surface area contributed by atoms with Crippen molar-refractivity contribution in [3.05, 3.63) is 0 Å². The first-order valence-electron chi connectivity index (χ1n) is 7.12. The van der Waals surface area contributed by atoms with E-state index >= 15 is 0 Å². The summed E-state index contributed by atoms with van der Waals surface area (Å²) in [6, 6.07) is 0.373. The quantitative estimate of drug-likeness (QED) is 0.740. The third-order valence-electron chi connectivity index (χ3n) is 4.05. The minimum Gasteiger partial charge on any atom is -0.385 e. The lowest BCUT2D eigenvalue weighted by Gasteiger charge is -2.38. The van der Waals surface area contributed by atoms with Gasteiger partial charge < -0.3 is 9.47 Å². The molecule has 0 spiro atoms. The predicted octanol–water partition coefficient (Wildman–Crippen LogP) is 0.549. The molecule has 0 amide bonds. The molecule has 2 aliphatic heterocycles. The summed E-state index contributed by atoms with van der Waals surface area (Å²) in [6.45, 7) is 4.02. The number of sulfone groups is 1. The van der Waals surface area contributed by atoms with Gasteiger partial charge in [0.2, 0.25) is 0 Å². The highest BCUT2D eigenvalue weighted by atomic mass is 32.2. The van der Waals surface area contributed by atoms with Crippen molar-refractivity contribution in [3.8, 4) is 0 Å². The molecule has 6 heteroatoms. The number of hydrogen-bond acceptors (Lipinski definition) is 5. The Morgan fingerprint density at radius 3 is 3.00 bits per heavy atom. The van der Waals surface area contributed by atoms with Gasteiger partial charge in [0.25, 0.3) is 0 Å². The zero-order chi connectivity index (χ0) is 13.7. The normalized spacial score (nSPS) is 32.3. The molecule has 0 aromatic rings. The Morgan fingerprint density at radius 2 is 2.26 bits per heavy atom. The first-order chi connectivity index (χ1) is 9.11. The Kier molecular flexibility index (Phi) is 5.62. The molecule has 2 unspecified atom stereocenters. The van der Waals surface area contributed by atoms with Gasteiger partial charge >= 0.3 is 0 Å². The second-order valence-electron chi connectivity index (χ2n) is 5.63. The molecule has 0 aliphatic carbocycles. The number of hydrogen-bond donors (Lipinski definition) is 0. The Hall–Kier alpha value is -0.170. The molecule has 2 fully saturated rings. The molecule has 2 atom stereocenters. The minimum atomic E-state index is -2.80. The van der Waals surface area contributed by atoms with Crippen molar-refractivity contribution in [1.29, 1.82) is 0 Å². The van der Waals surface area contributed by atoms with Crippen LogP contribution in [0.2, 0.25) is 0 Å². The van der Waals surface area contributed by atoms with E-state index in [0.717, 1.165) is 52.2 Å². The van der Waals surface area contributed by atoms with Crippen molar-refractivity contribution < 1.29 is 17.9 Å². The zero-order valence-corrected chi connectivity index (χ0v) is 12.5. The van der Waals surface area contributed by atoms with Crippen LogP contribution in [0.4, 0.5) is 0 Å². The molecule has 2 aliphatic rings. The molecule has 0 aromatic carbocycles. The summed E-state index contributed by atoms with van der Waals surface area (Å²) in [5.74, 6) is 1.03. The number of ether oxygens (including phenoxy) is 2. The molecule has 0 N–H and O–H groups in total. The van der Waals surface area contributed by atoms with E-state index in [1.807, 2.05) is 0 Å². The standard InChI is InChI=1S/C13H25NO4S/c1-17-6-4-13-10-18-7-5-14(13)9-12-3-2-8-19(15,16)11-12/h12-13H,2-11H2,1H3. The average Bonchev–Trinajstić information content (AvgIpc) is 2.36. The van der Waals surface area contributed by atoms with Gasteiger partial charge in [-0.15, -0.1) is 0 Å². The van der Waals surface area contributed by atoms with Gasteiger partial charge in [-0.25, -0.2) is 8.42 Å². The van der Waals surface area contributed by atoms with Crippen molar-refractivity contribution in [1.82, 2.24) is 4.90 Å². The first-order valence-corrected chi connectivity index (χ1v) is 8.94. The third kappa shape index (κ3) is 4.70. The van der Waals surface area contributed by atoms with E-state index in [9.17, 15) is 8.42 Å². The second-order valence-corrected chi connectivity index (χ2v) is 7.86. The number of methoxy groups -OCH3 is 1. The van der Waals surface area contributed by atoms with E-state index in [1.165, 1.54) is 0 Å². The smallest absolute Gasteiger partial charge is 0.150 e. The number of rotatable bonds is 5. The molecular formula is C13H25NO4S. The van der Waals surface area contributed by atoms with Crippen LogP contribution in [0.3, 0.4) is 0 Å². The Labute approximate surface area is 116 Å². The number of nitrogens with zero attached hydrogens (tertiary/aromatic N) is 1. The molecule has 5 nitrogen and oxygen atoms in total. The zero-order valence-electron chi connectivity index (χ0n) is 11.7. The van der Waals surface area contributed by atoms with E-state index in [4.69, 9.17) is 9.47 Å². The topological polar surface area (TPSA) is 55.8 Å². The van der Waals surface area contributed by atoms with E-state index in [2.05, 4.69) is 4.90 Å². The Morgan fingerprint density at radius 1 is 1.42 bits per heavy atom. The molecule has 0 bridgehead atoms. The van der Waals surface area contributed by atoms with Gasteiger partial charge in [-0.05, 0) is 25.2 Å². The van der Waals surface area contributed by atoms with Gasteiger partial charge in [0.15, 0.2) is 9.84 Å². The molecule has 2 rings (SSSR count). The summed E-state index contributed by atoms with van der Waals surface area (Å²) >= 11 is 0. The van der Waals surface area contributed by atoms with Crippen LogP contribution in [0.1, 0.15) is 19.3 Å². The Balaban J connectivity index is 1.88. The highest BCUT2D eigenvalue weighted by molar-refractivity contribution is 7.91. The molecule has 0 saturated carbocycles. The Bertz CT molecular complexity index is 371. The van der Waals surface area contributed by atoms with Gasteiger partial charge in [-0.1, -0.05) is 0 Å². The average molecular weight is 291 g/mol. The molecule has 2 heterocycles. The summed E-state index contributed by atoms with van der Waals surface area (Å²) < 4.78 is 34.0. The first kappa shape index (κ1) is 15.2. The maximum atomic E-state index is 11.7. The van der Waals surface area contributed by atoms with Crippen LogP contribution in [0, 0.1) is 5.92 Å². The van der Waals surface area contributed by atoms with Crippen molar-refractivity contribution in [2.24, 2.45) is 5.92 Å². The molecule has 2 saturated heterocycles. The van der Waals surface area contributed by atoms with Gasteiger partial charge in [0.05, 0.1) is 24.7 Å². The van der Waals surface area contributed by atoms with Crippen LogP contribution in [-0.2, 0) is 19.3 Å². The molecule has 19 heavy (non-hydrogen) atoms. The van der Waals surface area contributed by atoms with Crippen LogP contribution < -0.4 is 0 Å². The van der Waals surface area contributed by atoms with Crippen molar-refractivity contribution in [3.63, 3.8) is 0 Å². The molecule has 0 aromatic heterocycles. The SMILES string of the molecule is COCCC1COCCN1CC1CCCS(=O)(=O)C1. The lowest BCUT2D eigenvalue weighted by atomic mass is 10.0. The van der Waals surface area contributed by atoms with Crippen LogP contribution in [0.5, 0.6) is 0 Å². The van der Waals surface area contributed by atoms with Crippen molar-refractivity contribution in [2.45, 2.75) is 25.3 Å². The third-order valence-corrected chi connectivity index (χ3v) is 5.94. The lowest BCUT2D eigenvalue weighted by Crippen LogP contribution is -2.49. The highest BCUT2D eigenvalue weighted by Gasteiger charge is 2.30. The highest BCUT2D eigenvalue weighted by Crippen LogP contribution is 2.22. The van der Waals surface area contributed by atoms with Crippen molar-refractivity contribution in [2.75, 3.05) is 51.5 Å². The minimum absolute atomic E-state index is 0.293. The lowest BCUT2D eigenvalue weighted by molar-refractivity contribution is -0.0237. The summed E-state index contributed by atoms with van der Waals surface area (Å²) in [5.41, 5.74) is 0. The fourth-order valence-corrected chi connectivity index (χ4v) is 4.81.